The molecule has 1 aliphatic rings. The maximum Gasteiger partial charge on any atom is 0.283 e. The number of hydrogen-bond donors (Lipinski definition) is 2. The Labute approximate surface area is 196 Å². The van der Waals surface area contributed by atoms with Crippen molar-refractivity contribution < 1.29 is 9.53 Å². The SMILES string of the molecule is CC1(COc2ccc(-n3c(SCCCC(=O)NCCC#N)nc4cc[nH]c4c3=O)cc2)CC1. The summed E-state index contributed by atoms with van der Waals surface area (Å²) in [5.74, 6) is 1.34. The Kier molecular flexibility index (Phi) is 7.04. The number of ether oxygens (including phenoxy) is 1. The molecule has 1 amide bonds. The van der Waals surface area contributed by atoms with Gasteiger partial charge in [0, 0.05) is 30.3 Å². The molecule has 1 aliphatic carbocycles. The molecule has 9 heteroatoms. The number of aromatic nitrogens is 3. The third-order valence-electron chi connectivity index (χ3n) is 5.67. The summed E-state index contributed by atoms with van der Waals surface area (Å²) >= 11 is 1.45. The molecule has 8 nitrogen and oxygen atoms in total. The smallest absolute Gasteiger partial charge is 0.283 e. The lowest BCUT2D eigenvalue weighted by Gasteiger charge is -2.14. The molecule has 0 spiro atoms. The van der Waals surface area contributed by atoms with E-state index in [1.807, 2.05) is 30.3 Å². The van der Waals surface area contributed by atoms with Gasteiger partial charge in [-0.3, -0.25) is 14.2 Å². The number of hydrogen-bond acceptors (Lipinski definition) is 6. The van der Waals surface area contributed by atoms with Crippen LogP contribution in [0, 0.1) is 16.7 Å². The number of nitriles is 1. The number of rotatable bonds is 11. The molecule has 0 saturated heterocycles. The second-order valence-electron chi connectivity index (χ2n) is 8.58. The fourth-order valence-electron chi connectivity index (χ4n) is 3.35. The quantitative estimate of drug-likeness (QED) is 0.253. The van der Waals surface area contributed by atoms with Crippen LogP contribution < -0.4 is 15.6 Å². The first kappa shape index (κ1) is 22.9. The van der Waals surface area contributed by atoms with Crippen LogP contribution >= 0.6 is 11.8 Å². The van der Waals surface area contributed by atoms with E-state index in [9.17, 15) is 9.59 Å². The van der Waals surface area contributed by atoms with Gasteiger partial charge in [-0.1, -0.05) is 18.7 Å². The molecule has 0 radical (unpaired) electrons. The first-order chi connectivity index (χ1) is 16.0. The van der Waals surface area contributed by atoms with Gasteiger partial charge in [0.2, 0.25) is 5.91 Å². The zero-order chi connectivity index (χ0) is 23.3. The molecule has 0 aliphatic heterocycles. The normalized spacial score (nSPS) is 14.1. The Morgan fingerprint density at radius 2 is 2.12 bits per heavy atom. The van der Waals surface area contributed by atoms with Crippen LogP contribution in [0.1, 0.15) is 39.0 Å². The van der Waals surface area contributed by atoms with E-state index >= 15 is 0 Å². The highest BCUT2D eigenvalue weighted by Crippen LogP contribution is 2.45. The first-order valence-electron chi connectivity index (χ1n) is 11.1. The van der Waals surface area contributed by atoms with Crippen molar-refractivity contribution in [1.29, 1.82) is 5.26 Å². The summed E-state index contributed by atoms with van der Waals surface area (Å²) in [6.45, 7) is 3.29. The first-order valence-corrected chi connectivity index (χ1v) is 12.1. The lowest BCUT2D eigenvalue weighted by atomic mass is 10.2. The molecule has 3 aromatic rings. The highest BCUT2D eigenvalue weighted by molar-refractivity contribution is 7.99. The Morgan fingerprint density at radius 1 is 1.33 bits per heavy atom. The Morgan fingerprint density at radius 3 is 2.85 bits per heavy atom. The second-order valence-corrected chi connectivity index (χ2v) is 9.64. The van der Waals surface area contributed by atoms with E-state index in [2.05, 4.69) is 22.2 Å². The number of carbonyl (C=O) groups is 1. The van der Waals surface area contributed by atoms with E-state index in [1.165, 1.54) is 24.6 Å². The van der Waals surface area contributed by atoms with Crippen LogP contribution in [0.25, 0.3) is 16.7 Å². The molecule has 0 atom stereocenters. The van der Waals surface area contributed by atoms with Crippen molar-refractivity contribution in [2.45, 2.75) is 44.2 Å². The van der Waals surface area contributed by atoms with Crippen molar-refractivity contribution in [3.05, 3.63) is 46.9 Å². The zero-order valence-electron chi connectivity index (χ0n) is 18.6. The van der Waals surface area contributed by atoms with Crippen molar-refractivity contribution in [2.75, 3.05) is 18.9 Å². The predicted octanol–water partition coefficient (Wildman–Crippen LogP) is 3.79. The molecule has 0 bridgehead atoms. The van der Waals surface area contributed by atoms with Crippen LogP contribution in [0.4, 0.5) is 0 Å². The summed E-state index contributed by atoms with van der Waals surface area (Å²) < 4.78 is 7.51. The van der Waals surface area contributed by atoms with Gasteiger partial charge in [0.25, 0.3) is 5.56 Å². The van der Waals surface area contributed by atoms with Gasteiger partial charge in [-0.15, -0.1) is 0 Å². The highest BCUT2D eigenvalue weighted by atomic mass is 32.2. The summed E-state index contributed by atoms with van der Waals surface area (Å²) in [6.07, 6.45) is 5.40. The number of nitrogens with one attached hydrogen (secondary N) is 2. The summed E-state index contributed by atoms with van der Waals surface area (Å²) in [5, 5.41) is 11.8. The number of aromatic amines is 1. The minimum atomic E-state index is -0.166. The molecule has 2 heterocycles. The van der Waals surface area contributed by atoms with Gasteiger partial charge < -0.3 is 15.0 Å². The van der Waals surface area contributed by atoms with Crippen LogP contribution in [0.5, 0.6) is 5.75 Å². The largest absolute Gasteiger partial charge is 0.493 e. The molecule has 172 valence electrons. The molecule has 1 aromatic carbocycles. The van der Waals surface area contributed by atoms with Crippen molar-refractivity contribution in [3.8, 4) is 17.5 Å². The maximum absolute atomic E-state index is 13.2. The Balaban J connectivity index is 1.47. The second kappa shape index (κ2) is 10.1. The predicted molar refractivity (Wildman–Crippen MR) is 128 cm³/mol. The average Bonchev–Trinajstić information content (AvgIpc) is 3.35. The van der Waals surface area contributed by atoms with Gasteiger partial charge >= 0.3 is 0 Å². The number of fused-ring (bicyclic) bond motifs is 1. The van der Waals surface area contributed by atoms with Crippen LogP contribution in [-0.4, -0.2) is 39.3 Å². The van der Waals surface area contributed by atoms with Crippen LogP contribution in [-0.2, 0) is 4.79 Å². The van der Waals surface area contributed by atoms with Crippen molar-refractivity contribution in [2.24, 2.45) is 5.41 Å². The van der Waals surface area contributed by atoms with Gasteiger partial charge in [-0.2, -0.15) is 5.26 Å². The van der Waals surface area contributed by atoms with Crippen LogP contribution in [0.2, 0.25) is 0 Å². The van der Waals surface area contributed by atoms with Gasteiger partial charge in [0.15, 0.2) is 5.16 Å². The van der Waals surface area contributed by atoms with Gasteiger partial charge in [0.05, 0.1) is 30.3 Å². The third-order valence-corrected chi connectivity index (χ3v) is 6.70. The molecular formula is C24H27N5O3S. The van der Waals surface area contributed by atoms with E-state index < -0.39 is 0 Å². The molecule has 1 saturated carbocycles. The topological polar surface area (TPSA) is 113 Å². The van der Waals surface area contributed by atoms with Crippen molar-refractivity contribution >= 4 is 28.7 Å². The summed E-state index contributed by atoms with van der Waals surface area (Å²) in [4.78, 5) is 32.7. The number of amides is 1. The molecule has 0 unspecified atom stereocenters. The molecule has 2 N–H and O–H groups in total. The number of benzene rings is 1. The molecule has 33 heavy (non-hydrogen) atoms. The fourth-order valence-corrected chi connectivity index (χ4v) is 4.30. The monoisotopic (exact) mass is 465 g/mol. The fraction of sp³-hybridized carbons (Fsp3) is 0.417. The van der Waals surface area contributed by atoms with Crippen LogP contribution in [0.3, 0.4) is 0 Å². The zero-order valence-corrected chi connectivity index (χ0v) is 19.4. The highest BCUT2D eigenvalue weighted by Gasteiger charge is 2.38. The van der Waals surface area contributed by atoms with E-state index in [0.29, 0.717) is 65.5 Å². The average molecular weight is 466 g/mol. The summed E-state index contributed by atoms with van der Waals surface area (Å²) in [7, 11) is 0. The summed E-state index contributed by atoms with van der Waals surface area (Å²) in [6, 6.07) is 11.3. The minimum absolute atomic E-state index is 0.0760. The molecule has 1 fully saturated rings. The van der Waals surface area contributed by atoms with Crippen molar-refractivity contribution in [3.63, 3.8) is 0 Å². The van der Waals surface area contributed by atoms with E-state index in [-0.39, 0.29) is 11.5 Å². The Hall–Kier alpha value is -3.25. The lowest BCUT2D eigenvalue weighted by molar-refractivity contribution is -0.121. The van der Waals surface area contributed by atoms with Crippen LogP contribution in [0.15, 0.2) is 46.5 Å². The van der Waals surface area contributed by atoms with Gasteiger partial charge in [-0.25, -0.2) is 4.98 Å². The molecule has 4 rings (SSSR count). The van der Waals surface area contributed by atoms with E-state index in [4.69, 9.17) is 10.00 Å². The van der Waals surface area contributed by atoms with Crippen molar-refractivity contribution in [1.82, 2.24) is 19.9 Å². The lowest BCUT2D eigenvalue weighted by Crippen LogP contribution is -2.24. The number of thioether (sulfide) groups is 1. The summed E-state index contributed by atoms with van der Waals surface area (Å²) in [5.41, 5.74) is 1.92. The molecular weight excluding hydrogens is 438 g/mol. The molecule has 2 aromatic heterocycles. The van der Waals surface area contributed by atoms with E-state index in [0.717, 1.165) is 5.75 Å². The third kappa shape index (κ3) is 5.76. The van der Waals surface area contributed by atoms with Gasteiger partial charge in [-0.05, 0) is 49.6 Å². The minimum Gasteiger partial charge on any atom is -0.493 e. The van der Waals surface area contributed by atoms with E-state index in [1.54, 1.807) is 16.8 Å². The number of H-pyrrole nitrogens is 1. The maximum atomic E-state index is 13.2. The number of carbonyl (C=O) groups excluding carboxylic acids is 1. The Bertz CT molecular complexity index is 1220. The standard InChI is InChI=1S/C24H27N5O3S/c1-24(10-11-24)16-32-18-7-5-17(6-8-18)29-22(31)21-19(9-14-27-21)28-23(29)33-15-2-4-20(30)26-13-3-12-25/h5-9,14,27H,2-4,10-11,13,15-16H2,1H3,(H,26,30). The van der Waals surface area contributed by atoms with Gasteiger partial charge in [0.1, 0.15) is 11.3 Å². The number of nitrogens with zero attached hydrogens (tertiary/aromatic N) is 3.